The lowest BCUT2D eigenvalue weighted by Crippen LogP contribution is -2.54. The van der Waals surface area contributed by atoms with Gasteiger partial charge in [0, 0.05) is 31.0 Å². The van der Waals surface area contributed by atoms with Gasteiger partial charge in [-0.05, 0) is 54.9 Å². The van der Waals surface area contributed by atoms with Gasteiger partial charge < -0.3 is 20.1 Å². The van der Waals surface area contributed by atoms with Crippen LogP contribution in [0.25, 0.3) is 11.1 Å². The summed E-state index contributed by atoms with van der Waals surface area (Å²) in [5.74, 6) is -1.02. The summed E-state index contributed by atoms with van der Waals surface area (Å²) in [5.41, 5.74) is 3.83. The zero-order valence-electron chi connectivity index (χ0n) is 19.3. The molecule has 7 heteroatoms. The normalized spacial score (nSPS) is 25.6. The number of carbonyl (C=O) groups is 3. The van der Waals surface area contributed by atoms with E-state index in [1.165, 1.54) is 22.3 Å². The second-order valence-corrected chi connectivity index (χ2v) is 10.1. The summed E-state index contributed by atoms with van der Waals surface area (Å²) in [6.45, 7) is 2.82. The third kappa shape index (κ3) is 4.04. The molecule has 178 valence electrons. The summed E-state index contributed by atoms with van der Waals surface area (Å²) < 4.78 is 5.60. The fraction of sp³-hybridized carbons (Fsp3) is 0.444. The minimum Gasteiger partial charge on any atom is -0.481 e. The Hall–Kier alpha value is -3.35. The molecule has 1 heterocycles. The zero-order chi connectivity index (χ0) is 23.9. The molecule has 1 atom stereocenters. The fourth-order valence-electron chi connectivity index (χ4n) is 5.60. The molecule has 5 rings (SSSR count). The molecule has 2 aliphatic carbocycles. The maximum atomic E-state index is 12.8. The van der Waals surface area contributed by atoms with Gasteiger partial charge in [-0.3, -0.25) is 9.59 Å². The van der Waals surface area contributed by atoms with E-state index in [4.69, 9.17) is 4.74 Å². The zero-order valence-corrected chi connectivity index (χ0v) is 19.3. The van der Waals surface area contributed by atoms with Crippen LogP contribution >= 0.6 is 0 Å². The number of hydrogen-bond acceptors (Lipinski definition) is 4. The molecule has 1 unspecified atom stereocenters. The van der Waals surface area contributed by atoms with E-state index in [0.29, 0.717) is 32.2 Å². The lowest BCUT2D eigenvalue weighted by molar-refractivity contribution is -0.155. The van der Waals surface area contributed by atoms with Crippen molar-refractivity contribution in [2.75, 3.05) is 19.7 Å². The molecular weight excluding hydrogens is 432 g/mol. The van der Waals surface area contributed by atoms with E-state index in [9.17, 15) is 19.5 Å². The summed E-state index contributed by atoms with van der Waals surface area (Å²) in [6, 6.07) is 16.3. The number of carboxylic acids is 1. The van der Waals surface area contributed by atoms with Gasteiger partial charge in [0.25, 0.3) is 0 Å². The van der Waals surface area contributed by atoms with Crippen molar-refractivity contribution in [3.05, 3.63) is 59.7 Å². The van der Waals surface area contributed by atoms with Gasteiger partial charge in [-0.2, -0.15) is 0 Å². The van der Waals surface area contributed by atoms with E-state index >= 15 is 0 Å². The summed E-state index contributed by atoms with van der Waals surface area (Å²) in [7, 11) is 0. The van der Waals surface area contributed by atoms with Crippen LogP contribution < -0.4 is 5.32 Å². The molecule has 0 bridgehead atoms. The van der Waals surface area contributed by atoms with Crippen LogP contribution in [0.5, 0.6) is 0 Å². The van der Waals surface area contributed by atoms with Crippen molar-refractivity contribution in [3.63, 3.8) is 0 Å². The second-order valence-electron chi connectivity index (χ2n) is 10.1. The van der Waals surface area contributed by atoms with Gasteiger partial charge in [0.1, 0.15) is 6.61 Å². The predicted molar refractivity (Wildman–Crippen MR) is 126 cm³/mol. The largest absolute Gasteiger partial charge is 0.481 e. The number of amides is 2. The Morgan fingerprint density at radius 1 is 1.06 bits per heavy atom. The van der Waals surface area contributed by atoms with Gasteiger partial charge in [-0.25, -0.2) is 4.79 Å². The van der Waals surface area contributed by atoms with Crippen LogP contribution in [0.4, 0.5) is 4.79 Å². The van der Waals surface area contributed by atoms with Crippen LogP contribution in [-0.4, -0.2) is 53.7 Å². The van der Waals surface area contributed by atoms with Crippen molar-refractivity contribution in [3.8, 4) is 11.1 Å². The molecule has 3 aliphatic rings. The minimum atomic E-state index is -0.878. The summed E-state index contributed by atoms with van der Waals surface area (Å²) in [6.07, 6.45) is 1.94. The Labute approximate surface area is 199 Å². The average molecular weight is 463 g/mol. The standard InChI is InChI=1S/C27H30N2O5/c1-27(25(31)32)11-6-12-29(16-27)24(30)17-13-18(14-17)28-26(33)34-15-23-21-9-4-2-7-19(21)20-8-3-5-10-22(20)23/h2-5,7-10,17-18,23H,6,11-16H2,1H3,(H,28,33)(H,31,32). The Kier molecular flexibility index (Phi) is 5.80. The Morgan fingerprint density at radius 3 is 2.29 bits per heavy atom. The lowest BCUT2D eigenvalue weighted by Gasteiger charge is -2.42. The fourth-order valence-corrected chi connectivity index (χ4v) is 5.60. The molecular formula is C27H30N2O5. The number of ether oxygens (including phenoxy) is 1. The maximum absolute atomic E-state index is 12.8. The van der Waals surface area contributed by atoms with E-state index in [1.54, 1.807) is 11.8 Å². The highest BCUT2D eigenvalue weighted by Crippen LogP contribution is 2.44. The van der Waals surface area contributed by atoms with Crippen LogP contribution in [0.15, 0.2) is 48.5 Å². The molecule has 2 N–H and O–H groups in total. The first-order chi connectivity index (χ1) is 16.4. The first-order valence-corrected chi connectivity index (χ1v) is 12.0. The number of aliphatic carboxylic acids is 1. The summed E-state index contributed by atoms with van der Waals surface area (Å²) in [5, 5.41) is 12.4. The Bertz CT molecular complexity index is 1080. The van der Waals surface area contributed by atoms with Crippen molar-refractivity contribution < 1.29 is 24.2 Å². The van der Waals surface area contributed by atoms with Gasteiger partial charge >= 0.3 is 12.1 Å². The summed E-state index contributed by atoms with van der Waals surface area (Å²) in [4.78, 5) is 38.6. The quantitative estimate of drug-likeness (QED) is 0.700. The molecule has 2 fully saturated rings. The molecule has 2 aromatic rings. The molecule has 34 heavy (non-hydrogen) atoms. The third-order valence-corrected chi connectivity index (χ3v) is 7.68. The third-order valence-electron chi connectivity index (χ3n) is 7.68. The highest BCUT2D eigenvalue weighted by molar-refractivity contribution is 5.82. The monoisotopic (exact) mass is 462 g/mol. The molecule has 1 saturated carbocycles. The second kappa shape index (κ2) is 8.78. The summed E-state index contributed by atoms with van der Waals surface area (Å²) >= 11 is 0. The van der Waals surface area contributed by atoms with Crippen LogP contribution in [0.3, 0.4) is 0 Å². The van der Waals surface area contributed by atoms with E-state index in [1.807, 2.05) is 24.3 Å². The van der Waals surface area contributed by atoms with Crippen LogP contribution in [-0.2, 0) is 14.3 Å². The van der Waals surface area contributed by atoms with Gasteiger partial charge in [-0.1, -0.05) is 48.5 Å². The number of nitrogens with one attached hydrogen (secondary N) is 1. The number of rotatable bonds is 5. The van der Waals surface area contributed by atoms with Gasteiger partial charge in [-0.15, -0.1) is 0 Å². The number of carbonyl (C=O) groups excluding carboxylic acids is 2. The number of fused-ring (bicyclic) bond motifs is 3. The minimum absolute atomic E-state index is 0.00207. The van der Waals surface area contributed by atoms with Crippen LogP contribution in [0.1, 0.15) is 49.7 Å². The van der Waals surface area contributed by atoms with E-state index < -0.39 is 17.5 Å². The smallest absolute Gasteiger partial charge is 0.407 e. The molecule has 0 spiro atoms. The van der Waals surface area contributed by atoms with Crippen molar-refractivity contribution in [1.29, 1.82) is 0 Å². The van der Waals surface area contributed by atoms with Crippen molar-refractivity contribution >= 4 is 18.0 Å². The molecule has 0 radical (unpaired) electrons. The number of alkyl carbamates (subject to hydrolysis) is 1. The molecule has 0 aromatic heterocycles. The van der Waals surface area contributed by atoms with Gasteiger partial charge in [0.15, 0.2) is 0 Å². The Morgan fingerprint density at radius 2 is 1.68 bits per heavy atom. The van der Waals surface area contributed by atoms with Crippen molar-refractivity contribution in [1.82, 2.24) is 10.2 Å². The Balaban J connectivity index is 1.12. The van der Waals surface area contributed by atoms with Crippen LogP contribution in [0.2, 0.25) is 0 Å². The number of likely N-dealkylation sites (tertiary alicyclic amines) is 1. The predicted octanol–water partition coefficient (Wildman–Crippen LogP) is 4.02. The van der Waals surface area contributed by atoms with Gasteiger partial charge in [0.2, 0.25) is 5.91 Å². The van der Waals surface area contributed by atoms with Crippen molar-refractivity contribution in [2.45, 2.75) is 44.6 Å². The SMILES string of the molecule is CC1(C(=O)O)CCCN(C(=O)C2CC(NC(=O)OCC3c4ccccc4-c4ccccc43)C2)C1. The topological polar surface area (TPSA) is 95.9 Å². The highest BCUT2D eigenvalue weighted by Gasteiger charge is 2.43. The lowest BCUT2D eigenvalue weighted by atomic mass is 9.77. The van der Waals surface area contributed by atoms with E-state index in [0.717, 1.165) is 0 Å². The molecule has 2 aromatic carbocycles. The number of nitrogens with zero attached hydrogens (tertiary/aromatic N) is 1. The number of hydrogen-bond donors (Lipinski definition) is 2. The number of benzene rings is 2. The van der Waals surface area contributed by atoms with E-state index in [-0.39, 0.29) is 36.9 Å². The molecule has 7 nitrogen and oxygen atoms in total. The first kappa shape index (κ1) is 22.4. The highest BCUT2D eigenvalue weighted by atomic mass is 16.5. The van der Waals surface area contributed by atoms with E-state index in [2.05, 4.69) is 29.6 Å². The molecule has 1 aliphatic heterocycles. The number of piperidine rings is 1. The van der Waals surface area contributed by atoms with Crippen molar-refractivity contribution in [2.24, 2.45) is 11.3 Å². The molecule has 1 saturated heterocycles. The number of carboxylic acid groups (broad SMARTS) is 1. The van der Waals surface area contributed by atoms with Crippen LogP contribution in [0, 0.1) is 11.3 Å². The molecule has 2 amide bonds. The average Bonchev–Trinajstić information content (AvgIpc) is 3.13. The van der Waals surface area contributed by atoms with Gasteiger partial charge in [0.05, 0.1) is 5.41 Å². The maximum Gasteiger partial charge on any atom is 0.407 e. The first-order valence-electron chi connectivity index (χ1n) is 12.0.